The quantitative estimate of drug-likeness (QED) is 0.551. The summed E-state index contributed by atoms with van der Waals surface area (Å²) in [6.45, 7) is 3.76. The Hall–Kier alpha value is -3.03. The summed E-state index contributed by atoms with van der Waals surface area (Å²) in [7, 11) is -2.25. The Morgan fingerprint density at radius 2 is 1.65 bits per heavy atom. The first kappa shape index (κ1) is 22.7. The Morgan fingerprint density at radius 1 is 1.00 bits per heavy atom. The van der Waals surface area contributed by atoms with Gasteiger partial charge in [0.05, 0.1) is 10.6 Å². The average Bonchev–Trinajstić information content (AvgIpc) is 2.74. The van der Waals surface area contributed by atoms with E-state index >= 15 is 0 Å². The van der Waals surface area contributed by atoms with Gasteiger partial charge in [0.1, 0.15) is 5.75 Å². The van der Waals surface area contributed by atoms with Gasteiger partial charge in [-0.15, -0.1) is 0 Å². The molecule has 0 fully saturated rings. The Kier molecular flexibility index (Phi) is 6.87. The Balaban J connectivity index is 1.62. The molecule has 3 rings (SSSR count). The maximum absolute atomic E-state index is 12.8. The first-order valence-corrected chi connectivity index (χ1v) is 11.3. The number of rotatable bonds is 7. The molecule has 0 aromatic heterocycles. The van der Waals surface area contributed by atoms with Gasteiger partial charge in [0, 0.05) is 17.8 Å². The van der Waals surface area contributed by atoms with E-state index in [9.17, 15) is 13.2 Å². The van der Waals surface area contributed by atoms with Crippen LogP contribution in [-0.4, -0.2) is 28.0 Å². The SMILES string of the molecule is Cc1ccc(NC(=O)COc2ccc(N(C)S(=O)(=O)c3ccc(Cl)cc3)cc2)c(C)c1. The smallest absolute Gasteiger partial charge is 0.264 e. The van der Waals surface area contributed by atoms with E-state index < -0.39 is 10.0 Å². The molecule has 0 aliphatic rings. The number of aryl methyl sites for hydroxylation is 2. The zero-order valence-electron chi connectivity index (χ0n) is 17.4. The van der Waals surface area contributed by atoms with Crippen molar-refractivity contribution in [2.24, 2.45) is 0 Å². The minimum Gasteiger partial charge on any atom is -0.484 e. The van der Waals surface area contributed by atoms with Crippen LogP contribution in [0.5, 0.6) is 5.75 Å². The van der Waals surface area contributed by atoms with Gasteiger partial charge in [0.2, 0.25) is 0 Å². The van der Waals surface area contributed by atoms with Gasteiger partial charge in [-0.1, -0.05) is 29.3 Å². The largest absolute Gasteiger partial charge is 0.484 e. The minimum absolute atomic E-state index is 0.141. The van der Waals surface area contributed by atoms with E-state index in [2.05, 4.69) is 5.32 Å². The summed E-state index contributed by atoms with van der Waals surface area (Å²) < 4.78 is 32.2. The molecule has 6 nitrogen and oxygen atoms in total. The second-order valence-electron chi connectivity index (χ2n) is 7.08. The fourth-order valence-electron chi connectivity index (χ4n) is 2.94. The molecule has 3 aromatic carbocycles. The van der Waals surface area contributed by atoms with Crippen molar-refractivity contribution in [3.05, 3.63) is 82.9 Å². The van der Waals surface area contributed by atoms with Crippen LogP contribution in [0.3, 0.4) is 0 Å². The Labute approximate surface area is 187 Å². The first-order chi connectivity index (χ1) is 14.7. The Morgan fingerprint density at radius 3 is 2.26 bits per heavy atom. The summed E-state index contributed by atoms with van der Waals surface area (Å²) in [5, 5.41) is 3.28. The molecular weight excluding hydrogens is 436 g/mol. The predicted octanol–water partition coefficient (Wildman–Crippen LogP) is 4.80. The van der Waals surface area contributed by atoms with Crippen molar-refractivity contribution < 1.29 is 17.9 Å². The molecular formula is C23H23ClN2O4S. The Bertz CT molecular complexity index is 1180. The van der Waals surface area contributed by atoms with E-state index in [0.29, 0.717) is 16.5 Å². The van der Waals surface area contributed by atoms with Gasteiger partial charge < -0.3 is 10.1 Å². The van der Waals surface area contributed by atoms with E-state index in [1.807, 2.05) is 32.0 Å². The topological polar surface area (TPSA) is 75.7 Å². The van der Waals surface area contributed by atoms with Crippen LogP contribution in [0.2, 0.25) is 5.02 Å². The maximum atomic E-state index is 12.8. The van der Waals surface area contributed by atoms with Gasteiger partial charge in [-0.3, -0.25) is 9.10 Å². The molecule has 0 atom stereocenters. The molecule has 0 saturated carbocycles. The molecule has 162 valence electrons. The normalized spacial score (nSPS) is 11.1. The zero-order chi connectivity index (χ0) is 22.6. The second kappa shape index (κ2) is 9.41. The third-order valence-electron chi connectivity index (χ3n) is 4.70. The zero-order valence-corrected chi connectivity index (χ0v) is 19.0. The van der Waals surface area contributed by atoms with Crippen LogP contribution in [0.4, 0.5) is 11.4 Å². The molecule has 0 aliphatic heterocycles. The number of hydrogen-bond donors (Lipinski definition) is 1. The van der Waals surface area contributed by atoms with Crippen LogP contribution in [0.15, 0.2) is 71.6 Å². The van der Waals surface area contributed by atoms with Gasteiger partial charge in [-0.05, 0) is 74.0 Å². The molecule has 3 aromatic rings. The fraction of sp³-hybridized carbons (Fsp3) is 0.174. The molecule has 1 N–H and O–H groups in total. The molecule has 1 amide bonds. The van der Waals surface area contributed by atoms with Crippen molar-refractivity contribution in [3.8, 4) is 5.75 Å². The second-order valence-corrected chi connectivity index (χ2v) is 9.48. The number of carbonyl (C=O) groups is 1. The van der Waals surface area contributed by atoms with E-state index in [4.69, 9.17) is 16.3 Å². The van der Waals surface area contributed by atoms with Gasteiger partial charge in [0.15, 0.2) is 6.61 Å². The third-order valence-corrected chi connectivity index (χ3v) is 6.75. The molecule has 0 bridgehead atoms. The summed E-state index contributed by atoms with van der Waals surface area (Å²) in [6, 6.07) is 18.2. The summed E-state index contributed by atoms with van der Waals surface area (Å²) >= 11 is 5.84. The number of ether oxygens (including phenoxy) is 1. The summed E-state index contributed by atoms with van der Waals surface area (Å²) in [6.07, 6.45) is 0. The standard InChI is InChI=1S/C23H23ClN2O4S/c1-16-4-13-22(17(2)14-16)25-23(27)15-30-20-9-7-19(8-10-20)26(3)31(28,29)21-11-5-18(24)6-12-21/h4-14H,15H2,1-3H3,(H,25,27). The van der Waals surface area contributed by atoms with E-state index in [1.165, 1.54) is 35.6 Å². The van der Waals surface area contributed by atoms with Crippen molar-refractivity contribution in [2.45, 2.75) is 18.7 Å². The van der Waals surface area contributed by atoms with Crippen molar-refractivity contribution in [1.82, 2.24) is 0 Å². The van der Waals surface area contributed by atoms with E-state index in [1.54, 1.807) is 24.3 Å². The van der Waals surface area contributed by atoms with Gasteiger partial charge in [-0.25, -0.2) is 8.42 Å². The van der Waals surface area contributed by atoms with Gasteiger partial charge in [-0.2, -0.15) is 0 Å². The number of nitrogens with one attached hydrogen (secondary N) is 1. The highest BCUT2D eigenvalue weighted by molar-refractivity contribution is 7.92. The van der Waals surface area contributed by atoms with Crippen molar-refractivity contribution in [2.75, 3.05) is 23.3 Å². The lowest BCUT2D eigenvalue weighted by Crippen LogP contribution is -2.26. The van der Waals surface area contributed by atoms with Crippen LogP contribution in [0.1, 0.15) is 11.1 Å². The number of nitrogens with zero attached hydrogens (tertiary/aromatic N) is 1. The lowest BCUT2D eigenvalue weighted by Gasteiger charge is -2.20. The molecule has 0 heterocycles. The number of benzene rings is 3. The molecule has 0 saturated heterocycles. The number of halogens is 1. The monoisotopic (exact) mass is 458 g/mol. The molecule has 8 heteroatoms. The minimum atomic E-state index is -3.72. The van der Waals surface area contributed by atoms with E-state index in [-0.39, 0.29) is 17.4 Å². The highest BCUT2D eigenvalue weighted by Gasteiger charge is 2.21. The summed E-state index contributed by atoms with van der Waals surface area (Å²) in [4.78, 5) is 12.3. The summed E-state index contributed by atoms with van der Waals surface area (Å²) in [5.41, 5.74) is 3.29. The average molecular weight is 459 g/mol. The number of anilines is 2. The van der Waals surface area contributed by atoms with Crippen molar-refractivity contribution >= 4 is 38.9 Å². The number of sulfonamides is 1. The molecule has 0 radical (unpaired) electrons. The van der Waals surface area contributed by atoms with Crippen LogP contribution in [0, 0.1) is 13.8 Å². The first-order valence-electron chi connectivity index (χ1n) is 9.51. The van der Waals surface area contributed by atoms with E-state index in [0.717, 1.165) is 16.8 Å². The predicted molar refractivity (Wildman–Crippen MR) is 124 cm³/mol. The highest BCUT2D eigenvalue weighted by Crippen LogP contribution is 2.25. The highest BCUT2D eigenvalue weighted by atomic mass is 35.5. The van der Waals surface area contributed by atoms with Crippen LogP contribution >= 0.6 is 11.6 Å². The maximum Gasteiger partial charge on any atom is 0.264 e. The molecule has 31 heavy (non-hydrogen) atoms. The number of amides is 1. The molecule has 0 aliphatic carbocycles. The third kappa shape index (κ3) is 5.57. The fourth-order valence-corrected chi connectivity index (χ4v) is 4.27. The van der Waals surface area contributed by atoms with Gasteiger partial charge >= 0.3 is 0 Å². The lowest BCUT2D eigenvalue weighted by molar-refractivity contribution is -0.118. The molecule has 0 unspecified atom stereocenters. The number of carbonyl (C=O) groups excluding carboxylic acids is 1. The van der Waals surface area contributed by atoms with Crippen LogP contribution in [0.25, 0.3) is 0 Å². The summed E-state index contributed by atoms with van der Waals surface area (Å²) in [5.74, 6) is 0.176. The van der Waals surface area contributed by atoms with Crippen LogP contribution < -0.4 is 14.4 Å². The van der Waals surface area contributed by atoms with Crippen molar-refractivity contribution in [1.29, 1.82) is 0 Å². The van der Waals surface area contributed by atoms with Gasteiger partial charge in [0.25, 0.3) is 15.9 Å². The molecule has 0 spiro atoms. The lowest BCUT2D eigenvalue weighted by atomic mass is 10.1. The number of hydrogen-bond acceptors (Lipinski definition) is 4. The van der Waals surface area contributed by atoms with Crippen molar-refractivity contribution in [3.63, 3.8) is 0 Å². The van der Waals surface area contributed by atoms with Crippen LogP contribution in [-0.2, 0) is 14.8 Å².